The molecule has 6 nitrogen and oxygen atoms in total. The number of rotatable bonds is 7. The number of fused-ring (bicyclic) bond motifs is 1. The molecule has 0 amide bonds. The molecule has 0 radical (unpaired) electrons. The van der Waals surface area contributed by atoms with Crippen LogP contribution in [0.5, 0.6) is 0 Å². The van der Waals surface area contributed by atoms with Crippen molar-refractivity contribution in [3.8, 4) is 0 Å². The lowest BCUT2D eigenvalue weighted by Gasteiger charge is -2.30. The Morgan fingerprint density at radius 2 is 1.80 bits per heavy atom. The number of nitrogens with one attached hydrogen (secondary N) is 2. The molecule has 2 aromatic heterocycles. The van der Waals surface area contributed by atoms with Crippen molar-refractivity contribution >= 4 is 34.0 Å². The maximum absolute atomic E-state index is 9.68. The molecule has 0 spiro atoms. The Morgan fingerprint density at radius 3 is 2.50 bits per heavy atom. The summed E-state index contributed by atoms with van der Waals surface area (Å²) in [7, 11) is 4.04. The normalized spacial score (nSPS) is 20.3. The van der Waals surface area contributed by atoms with Crippen molar-refractivity contribution in [2.45, 2.75) is 57.3 Å². The van der Waals surface area contributed by atoms with Gasteiger partial charge < -0.3 is 20.6 Å². The molecule has 1 aliphatic rings. The van der Waals surface area contributed by atoms with Crippen LogP contribution in [0.4, 0.5) is 11.8 Å². The van der Waals surface area contributed by atoms with Crippen molar-refractivity contribution in [3.05, 3.63) is 46.2 Å². The lowest BCUT2D eigenvalue weighted by atomic mass is 9.91. The highest BCUT2D eigenvalue weighted by Crippen LogP contribution is 2.27. The van der Waals surface area contributed by atoms with Gasteiger partial charge in [-0.1, -0.05) is 12.1 Å². The van der Waals surface area contributed by atoms with E-state index in [1.165, 1.54) is 4.88 Å². The zero-order valence-electron chi connectivity index (χ0n) is 17.9. The van der Waals surface area contributed by atoms with Gasteiger partial charge in [-0.2, -0.15) is 4.98 Å². The molecule has 7 heteroatoms. The van der Waals surface area contributed by atoms with E-state index in [9.17, 15) is 5.11 Å². The van der Waals surface area contributed by atoms with E-state index in [1.54, 1.807) is 11.3 Å². The summed E-state index contributed by atoms with van der Waals surface area (Å²) in [5, 5.41) is 18.0. The van der Waals surface area contributed by atoms with E-state index in [-0.39, 0.29) is 6.10 Å². The molecule has 1 aromatic carbocycles. The van der Waals surface area contributed by atoms with Crippen LogP contribution in [0.25, 0.3) is 10.9 Å². The number of aliphatic hydroxyl groups excluding tert-OH is 1. The van der Waals surface area contributed by atoms with Gasteiger partial charge in [0.2, 0.25) is 5.95 Å². The van der Waals surface area contributed by atoms with E-state index in [1.807, 2.05) is 50.2 Å². The van der Waals surface area contributed by atoms with Gasteiger partial charge >= 0.3 is 0 Å². The molecule has 0 aliphatic heterocycles. The van der Waals surface area contributed by atoms with Crippen molar-refractivity contribution in [2.24, 2.45) is 0 Å². The van der Waals surface area contributed by atoms with E-state index in [0.717, 1.165) is 59.8 Å². The van der Waals surface area contributed by atoms with Crippen LogP contribution in [-0.2, 0) is 6.54 Å². The van der Waals surface area contributed by atoms with E-state index < -0.39 is 0 Å². The third kappa shape index (κ3) is 4.91. The summed E-state index contributed by atoms with van der Waals surface area (Å²) < 4.78 is 0. The molecule has 30 heavy (non-hydrogen) atoms. The molecule has 3 N–H and O–H groups in total. The Balaban J connectivity index is 1.32. The van der Waals surface area contributed by atoms with E-state index in [4.69, 9.17) is 9.97 Å². The molecule has 3 aromatic rings. The van der Waals surface area contributed by atoms with Crippen molar-refractivity contribution in [3.63, 3.8) is 0 Å². The first-order chi connectivity index (χ1) is 14.5. The quantitative estimate of drug-likeness (QED) is 0.523. The first-order valence-corrected chi connectivity index (χ1v) is 11.5. The minimum Gasteiger partial charge on any atom is -0.388 e. The average Bonchev–Trinajstić information content (AvgIpc) is 3.22. The van der Waals surface area contributed by atoms with Gasteiger partial charge in [-0.15, -0.1) is 11.3 Å². The number of aliphatic hydroxyl groups is 1. The number of aromatic nitrogens is 2. The fourth-order valence-electron chi connectivity index (χ4n) is 4.05. The Morgan fingerprint density at radius 1 is 1.07 bits per heavy atom. The minimum atomic E-state index is -0.379. The highest BCUT2D eigenvalue weighted by Gasteiger charge is 2.22. The van der Waals surface area contributed by atoms with Crippen molar-refractivity contribution in [1.82, 2.24) is 15.3 Å². The predicted octanol–water partition coefficient (Wildman–Crippen LogP) is 4.32. The Hall–Kier alpha value is -2.22. The SMILES string of the molecule is CC(O)c1ccc(CN[C@H]2CC[C@@H](Nc3nc(N(C)C)c4ccccc4n3)CC2)s1. The predicted molar refractivity (Wildman–Crippen MR) is 125 cm³/mol. The molecule has 1 aliphatic carbocycles. The van der Waals surface area contributed by atoms with Crippen LogP contribution in [0.15, 0.2) is 36.4 Å². The van der Waals surface area contributed by atoms with Crippen LogP contribution in [-0.4, -0.2) is 41.3 Å². The molecule has 1 unspecified atom stereocenters. The smallest absolute Gasteiger partial charge is 0.225 e. The summed E-state index contributed by atoms with van der Waals surface area (Å²) in [5.41, 5.74) is 0.974. The fourth-order valence-corrected chi connectivity index (χ4v) is 4.95. The van der Waals surface area contributed by atoms with Crippen molar-refractivity contribution < 1.29 is 5.11 Å². The largest absolute Gasteiger partial charge is 0.388 e. The molecule has 160 valence electrons. The summed E-state index contributed by atoms with van der Waals surface area (Å²) in [6.07, 6.45) is 4.11. The number of thiophene rings is 1. The number of para-hydroxylation sites is 1. The lowest BCUT2D eigenvalue weighted by Crippen LogP contribution is -2.36. The Bertz CT molecular complexity index is 979. The highest BCUT2D eigenvalue weighted by atomic mass is 32.1. The van der Waals surface area contributed by atoms with Crippen LogP contribution in [0.3, 0.4) is 0 Å². The average molecular weight is 426 g/mol. The van der Waals surface area contributed by atoms with E-state index in [0.29, 0.717) is 12.1 Å². The highest BCUT2D eigenvalue weighted by molar-refractivity contribution is 7.12. The van der Waals surface area contributed by atoms with Crippen molar-refractivity contribution in [2.75, 3.05) is 24.3 Å². The summed E-state index contributed by atoms with van der Waals surface area (Å²) in [4.78, 5) is 13.9. The first-order valence-electron chi connectivity index (χ1n) is 10.7. The van der Waals surface area contributed by atoms with Crippen LogP contribution >= 0.6 is 11.3 Å². The van der Waals surface area contributed by atoms with Crippen molar-refractivity contribution in [1.29, 1.82) is 0 Å². The van der Waals surface area contributed by atoms with Gasteiger partial charge in [0.15, 0.2) is 0 Å². The Kier molecular flexibility index (Phi) is 6.51. The number of benzene rings is 1. The summed E-state index contributed by atoms with van der Waals surface area (Å²) >= 11 is 1.69. The van der Waals surface area contributed by atoms with Gasteiger partial charge in [0.05, 0.1) is 11.6 Å². The zero-order valence-corrected chi connectivity index (χ0v) is 18.7. The fraction of sp³-hybridized carbons (Fsp3) is 0.478. The van der Waals surface area contributed by atoms with E-state index in [2.05, 4.69) is 22.8 Å². The zero-order chi connectivity index (χ0) is 21.1. The minimum absolute atomic E-state index is 0.379. The lowest BCUT2D eigenvalue weighted by molar-refractivity contribution is 0.203. The molecule has 4 rings (SSSR count). The second-order valence-corrected chi connectivity index (χ2v) is 9.54. The van der Waals surface area contributed by atoms with Crippen LogP contribution in [0.1, 0.15) is 48.5 Å². The second kappa shape index (κ2) is 9.29. The van der Waals surface area contributed by atoms with Crippen LogP contribution in [0.2, 0.25) is 0 Å². The third-order valence-electron chi connectivity index (χ3n) is 5.73. The van der Waals surface area contributed by atoms with Gasteiger partial charge in [-0.05, 0) is 56.9 Å². The van der Waals surface area contributed by atoms with Gasteiger partial charge in [0.25, 0.3) is 0 Å². The molecule has 0 bridgehead atoms. The second-order valence-electron chi connectivity index (χ2n) is 8.34. The van der Waals surface area contributed by atoms with E-state index >= 15 is 0 Å². The molecular weight excluding hydrogens is 394 g/mol. The standard InChI is InChI=1S/C23H31N5OS/c1-15(29)21-13-12-18(30-21)14-24-16-8-10-17(11-9-16)25-23-26-20-7-5-4-6-19(20)22(27-23)28(2)3/h4-7,12-13,15-17,24,29H,8-11,14H2,1-3H3,(H,25,26,27)/t15?,16-,17+. The topological polar surface area (TPSA) is 73.3 Å². The first kappa shape index (κ1) is 21.0. The Labute approximate surface area is 182 Å². The third-order valence-corrected chi connectivity index (χ3v) is 6.98. The summed E-state index contributed by atoms with van der Waals surface area (Å²) in [6.45, 7) is 2.69. The van der Waals surface area contributed by atoms with Gasteiger partial charge in [-0.3, -0.25) is 0 Å². The van der Waals surface area contributed by atoms with Crippen LogP contribution in [0, 0.1) is 0 Å². The number of hydrogen-bond donors (Lipinski definition) is 3. The van der Waals surface area contributed by atoms with Gasteiger partial charge in [0, 0.05) is 47.9 Å². The summed E-state index contributed by atoms with van der Waals surface area (Å²) in [6, 6.07) is 13.3. The molecule has 0 saturated heterocycles. The molecular formula is C23H31N5OS. The molecule has 1 fully saturated rings. The summed E-state index contributed by atoms with van der Waals surface area (Å²) in [5.74, 6) is 1.67. The molecule has 1 atom stereocenters. The molecule has 1 saturated carbocycles. The van der Waals surface area contributed by atoms with Gasteiger partial charge in [-0.25, -0.2) is 4.98 Å². The van der Waals surface area contributed by atoms with Crippen LogP contribution < -0.4 is 15.5 Å². The number of anilines is 2. The number of nitrogens with zero attached hydrogens (tertiary/aromatic N) is 3. The monoisotopic (exact) mass is 425 g/mol. The van der Waals surface area contributed by atoms with Gasteiger partial charge in [0.1, 0.15) is 5.82 Å². The maximum atomic E-state index is 9.68. The maximum Gasteiger partial charge on any atom is 0.225 e. The molecule has 2 heterocycles. The number of hydrogen-bond acceptors (Lipinski definition) is 7.